The van der Waals surface area contributed by atoms with Gasteiger partial charge in [-0.25, -0.2) is 0 Å². The normalized spacial score (nSPS) is 12.9. The predicted octanol–water partition coefficient (Wildman–Crippen LogP) is 15.4. The summed E-state index contributed by atoms with van der Waals surface area (Å²) in [4.78, 5) is 0. The first-order valence-electron chi connectivity index (χ1n) is 23.1. The number of nitrogens with zero attached hydrogens (tertiary/aromatic N) is 2. The number of hydrogen-bond acceptors (Lipinski definition) is 2. The van der Waals surface area contributed by atoms with Gasteiger partial charge in [0.2, 0.25) is 0 Å². The third-order valence-electron chi connectivity index (χ3n) is 14.4. The van der Waals surface area contributed by atoms with E-state index in [-0.39, 0.29) is 0 Å². The van der Waals surface area contributed by atoms with Crippen LogP contribution in [0.2, 0.25) is 0 Å². The van der Waals surface area contributed by atoms with E-state index in [1.807, 2.05) is 24.3 Å². The van der Waals surface area contributed by atoms with Crippen molar-refractivity contribution >= 4 is 55.0 Å². The molecule has 4 heteroatoms. The van der Waals surface area contributed by atoms with E-state index >= 15 is 0 Å². The second kappa shape index (κ2) is 14.7. The Labute approximate surface area is 389 Å². The van der Waals surface area contributed by atoms with Crippen LogP contribution in [0.15, 0.2) is 218 Å². The highest BCUT2D eigenvalue weighted by molar-refractivity contribution is 6.11. The molecule has 4 nitrogen and oxygen atoms in total. The maximum Gasteiger partial charge on any atom is 0.0714 e. The summed E-state index contributed by atoms with van der Waals surface area (Å²) in [6.07, 6.45) is 0. The molecular formula is C63H46N4. The van der Waals surface area contributed by atoms with Gasteiger partial charge in [-0.2, -0.15) is 0 Å². The van der Waals surface area contributed by atoms with Crippen LogP contribution in [0, 0.1) is 13.8 Å². The molecule has 0 bridgehead atoms. The monoisotopic (exact) mass is 858 g/mol. The molecule has 67 heavy (non-hydrogen) atoms. The van der Waals surface area contributed by atoms with Crippen LogP contribution in [0.1, 0.15) is 33.4 Å². The van der Waals surface area contributed by atoms with Gasteiger partial charge in [-0.3, -0.25) is 0 Å². The molecule has 0 fully saturated rings. The van der Waals surface area contributed by atoms with E-state index in [0.717, 1.165) is 45.0 Å². The fraction of sp³-hybridized carbons (Fsp3) is 0.0476. The molecule has 1 aliphatic rings. The zero-order valence-corrected chi connectivity index (χ0v) is 37.3. The molecule has 12 aromatic rings. The zero-order valence-electron chi connectivity index (χ0n) is 37.3. The number of para-hydroxylation sites is 2. The van der Waals surface area contributed by atoms with Crippen LogP contribution in [0.5, 0.6) is 0 Å². The highest BCUT2D eigenvalue weighted by Crippen LogP contribution is 2.58. The lowest BCUT2D eigenvalue weighted by molar-refractivity contribution is 0.769. The van der Waals surface area contributed by atoms with Crippen molar-refractivity contribution in [3.8, 4) is 44.8 Å². The molecule has 4 N–H and O–H groups in total. The van der Waals surface area contributed by atoms with E-state index in [0.29, 0.717) is 0 Å². The first-order valence-corrected chi connectivity index (χ1v) is 23.1. The summed E-state index contributed by atoms with van der Waals surface area (Å²) in [6.45, 7) is 4.45. The van der Waals surface area contributed by atoms with Crippen LogP contribution in [-0.4, -0.2) is 9.13 Å². The topological polar surface area (TPSA) is 61.9 Å². The first-order chi connectivity index (χ1) is 32.8. The molecule has 0 saturated carbocycles. The molecule has 10 aromatic carbocycles. The fourth-order valence-corrected chi connectivity index (χ4v) is 11.3. The van der Waals surface area contributed by atoms with E-state index in [2.05, 4.69) is 217 Å². The maximum absolute atomic E-state index is 6.03. The van der Waals surface area contributed by atoms with Gasteiger partial charge < -0.3 is 20.6 Å². The smallest absolute Gasteiger partial charge is 0.0714 e. The molecule has 0 atom stereocenters. The molecule has 0 spiro atoms. The molecule has 2 heterocycles. The lowest BCUT2D eigenvalue weighted by Gasteiger charge is -2.34. The molecule has 318 valence electrons. The predicted molar refractivity (Wildman–Crippen MR) is 282 cm³/mol. The van der Waals surface area contributed by atoms with Gasteiger partial charge in [0, 0.05) is 44.3 Å². The minimum Gasteiger partial charge on any atom is -0.399 e. The quantitative estimate of drug-likeness (QED) is 0.164. The van der Waals surface area contributed by atoms with Gasteiger partial charge in [0.25, 0.3) is 0 Å². The van der Waals surface area contributed by atoms with E-state index in [9.17, 15) is 0 Å². The van der Waals surface area contributed by atoms with Crippen LogP contribution < -0.4 is 11.5 Å². The van der Waals surface area contributed by atoms with E-state index in [4.69, 9.17) is 11.5 Å². The zero-order chi connectivity index (χ0) is 45.0. The number of fused-ring (bicyclic) bond motifs is 9. The van der Waals surface area contributed by atoms with Gasteiger partial charge in [-0.05, 0) is 154 Å². The first kappa shape index (κ1) is 38.8. The Morgan fingerprint density at radius 1 is 0.328 bits per heavy atom. The fourth-order valence-electron chi connectivity index (χ4n) is 11.3. The lowest BCUT2D eigenvalue weighted by atomic mass is 9.67. The van der Waals surface area contributed by atoms with Crippen molar-refractivity contribution in [3.05, 3.63) is 252 Å². The van der Waals surface area contributed by atoms with Crippen LogP contribution in [0.3, 0.4) is 0 Å². The summed E-state index contributed by atoms with van der Waals surface area (Å²) in [5, 5.41) is 4.91. The van der Waals surface area contributed by atoms with Crippen molar-refractivity contribution in [3.63, 3.8) is 0 Å². The number of nitrogen functional groups attached to an aromatic ring is 2. The highest BCUT2D eigenvalue weighted by atomic mass is 15.0. The summed E-state index contributed by atoms with van der Waals surface area (Å²) in [5.41, 5.74) is 34.7. The van der Waals surface area contributed by atoms with Crippen molar-refractivity contribution in [2.75, 3.05) is 11.5 Å². The Hall–Kier alpha value is -8.60. The second-order valence-electron chi connectivity index (χ2n) is 18.4. The summed E-state index contributed by atoms with van der Waals surface area (Å²) in [6, 6.07) is 80.3. The number of aromatic nitrogens is 2. The van der Waals surface area contributed by atoms with E-state index in [1.54, 1.807) is 0 Å². The van der Waals surface area contributed by atoms with Crippen LogP contribution in [0.25, 0.3) is 88.4 Å². The van der Waals surface area contributed by atoms with Crippen molar-refractivity contribution in [2.45, 2.75) is 19.3 Å². The SMILES string of the molecule is Cc1ccc2c(c1)C(c1ccc3c(c1)c1ccccc1n3-c1ccc(-c3ccc(N)cc3)cc1)(c1ccc3c(c1)c1ccccc1n3-c1ccc(-c3ccc(N)cc3)cc1)c1cc(C)ccc1-2. The number of benzene rings is 10. The van der Waals surface area contributed by atoms with Gasteiger partial charge in [0.15, 0.2) is 0 Å². The number of rotatable bonds is 6. The summed E-state index contributed by atoms with van der Waals surface area (Å²) in [5.74, 6) is 0. The van der Waals surface area contributed by atoms with Crippen molar-refractivity contribution < 1.29 is 0 Å². The molecule has 0 amide bonds. The number of aryl methyl sites for hydroxylation is 2. The Bertz CT molecular complexity index is 3670. The van der Waals surface area contributed by atoms with E-state index in [1.165, 1.54) is 88.1 Å². The largest absolute Gasteiger partial charge is 0.399 e. The molecule has 2 aromatic heterocycles. The molecule has 0 radical (unpaired) electrons. The van der Waals surface area contributed by atoms with Crippen molar-refractivity contribution in [2.24, 2.45) is 0 Å². The van der Waals surface area contributed by atoms with Gasteiger partial charge in [0.05, 0.1) is 27.5 Å². The van der Waals surface area contributed by atoms with Crippen LogP contribution in [0.4, 0.5) is 11.4 Å². The van der Waals surface area contributed by atoms with Gasteiger partial charge in [0.1, 0.15) is 0 Å². The number of nitrogens with two attached hydrogens (primary N) is 2. The lowest BCUT2D eigenvalue weighted by Crippen LogP contribution is -2.28. The Morgan fingerprint density at radius 3 is 1.09 bits per heavy atom. The molecule has 0 aliphatic heterocycles. The molecule has 0 unspecified atom stereocenters. The highest BCUT2D eigenvalue weighted by Gasteiger charge is 2.47. The van der Waals surface area contributed by atoms with Crippen molar-refractivity contribution in [1.29, 1.82) is 0 Å². The maximum atomic E-state index is 6.03. The van der Waals surface area contributed by atoms with Gasteiger partial charge in [-0.15, -0.1) is 0 Å². The van der Waals surface area contributed by atoms with E-state index < -0.39 is 5.41 Å². The Morgan fingerprint density at radius 2 is 0.687 bits per heavy atom. The average Bonchev–Trinajstić information content (AvgIpc) is 3.97. The third kappa shape index (κ3) is 5.86. The molecule has 13 rings (SSSR count). The number of hydrogen-bond donors (Lipinski definition) is 2. The molecule has 0 saturated heterocycles. The Kier molecular flexibility index (Phi) is 8.53. The van der Waals surface area contributed by atoms with Gasteiger partial charge in [-0.1, -0.05) is 145 Å². The van der Waals surface area contributed by atoms with Crippen LogP contribution in [-0.2, 0) is 5.41 Å². The minimum absolute atomic E-state index is 0.612. The standard InChI is InChI=1S/C63H46N4/c1-39-11-31-51-52-32-12-40(2)36-58(52)63(57(51)35-39,45-21-33-61-55(37-45)53-7-3-5-9-59(53)66(61)49-27-17-43(18-28-49)41-13-23-47(64)24-14-41)46-22-34-62-56(38-46)54-8-4-6-10-60(54)67(62)50-29-19-44(20-30-50)42-15-25-48(65)26-16-42/h3-38H,64-65H2,1-2H3. The third-order valence-corrected chi connectivity index (χ3v) is 14.4. The summed E-state index contributed by atoms with van der Waals surface area (Å²) >= 11 is 0. The average molecular weight is 859 g/mol. The van der Waals surface area contributed by atoms with Gasteiger partial charge >= 0.3 is 0 Å². The van der Waals surface area contributed by atoms with Crippen LogP contribution >= 0.6 is 0 Å². The molecular weight excluding hydrogens is 813 g/mol. The summed E-state index contributed by atoms with van der Waals surface area (Å²) in [7, 11) is 0. The Balaban J connectivity index is 1.04. The molecule has 1 aliphatic carbocycles. The summed E-state index contributed by atoms with van der Waals surface area (Å²) < 4.78 is 4.84. The van der Waals surface area contributed by atoms with Crippen molar-refractivity contribution in [1.82, 2.24) is 9.13 Å². The second-order valence-corrected chi connectivity index (χ2v) is 18.4. The number of anilines is 2. The minimum atomic E-state index is -0.612.